The fraction of sp³-hybridized carbons (Fsp3) is 0.333. The summed E-state index contributed by atoms with van der Waals surface area (Å²) in [7, 11) is 0. The third kappa shape index (κ3) is 5.30. The molecule has 1 heterocycles. The van der Waals surface area contributed by atoms with E-state index in [1.807, 2.05) is 30.3 Å². The van der Waals surface area contributed by atoms with Crippen LogP contribution in [0.2, 0.25) is 0 Å². The van der Waals surface area contributed by atoms with Crippen LogP contribution in [-0.2, 0) is 6.42 Å². The van der Waals surface area contributed by atoms with Crippen LogP contribution >= 0.6 is 12.2 Å². The second-order valence-electron chi connectivity index (χ2n) is 6.42. The van der Waals surface area contributed by atoms with E-state index in [0.29, 0.717) is 17.3 Å². The van der Waals surface area contributed by atoms with Gasteiger partial charge in [0.05, 0.1) is 6.61 Å². The average molecular weight is 369 g/mol. The molecule has 0 unspecified atom stereocenters. The number of thiocarbonyl (C=S) groups is 1. The molecule has 3 rings (SSSR count). The molecular formula is C21H24N2O2S. The first-order valence-electron chi connectivity index (χ1n) is 9.09. The van der Waals surface area contributed by atoms with Gasteiger partial charge in [-0.3, -0.25) is 10.1 Å². The van der Waals surface area contributed by atoms with Crippen LogP contribution in [0.1, 0.15) is 35.2 Å². The van der Waals surface area contributed by atoms with Crippen molar-refractivity contribution in [3.8, 4) is 5.75 Å². The Kier molecular flexibility index (Phi) is 6.61. The van der Waals surface area contributed by atoms with E-state index in [1.165, 1.54) is 12.0 Å². The molecule has 1 saturated heterocycles. The van der Waals surface area contributed by atoms with Crippen molar-refractivity contribution in [1.29, 1.82) is 0 Å². The van der Waals surface area contributed by atoms with Gasteiger partial charge in [0.2, 0.25) is 0 Å². The average Bonchev–Trinajstić information content (AvgIpc) is 2.70. The molecular weight excluding hydrogens is 344 g/mol. The molecule has 1 fully saturated rings. The Hall–Kier alpha value is -2.40. The molecule has 4 nitrogen and oxygen atoms in total. The van der Waals surface area contributed by atoms with E-state index in [1.54, 1.807) is 12.1 Å². The van der Waals surface area contributed by atoms with Crippen LogP contribution in [0.25, 0.3) is 0 Å². The summed E-state index contributed by atoms with van der Waals surface area (Å²) >= 11 is 5.35. The molecule has 1 aliphatic heterocycles. The topological polar surface area (TPSA) is 41.6 Å². The predicted octanol–water partition coefficient (Wildman–Crippen LogP) is 3.81. The Morgan fingerprint density at radius 2 is 1.69 bits per heavy atom. The van der Waals surface area contributed by atoms with Gasteiger partial charge in [-0.15, -0.1) is 0 Å². The van der Waals surface area contributed by atoms with Crippen molar-refractivity contribution in [1.82, 2.24) is 10.2 Å². The van der Waals surface area contributed by atoms with E-state index in [9.17, 15) is 4.79 Å². The largest absolute Gasteiger partial charge is 0.493 e. The van der Waals surface area contributed by atoms with Crippen molar-refractivity contribution in [2.75, 3.05) is 19.7 Å². The normalized spacial score (nSPS) is 13.9. The number of hydrogen-bond acceptors (Lipinski definition) is 3. The van der Waals surface area contributed by atoms with Gasteiger partial charge < -0.3 is 9.64 Å². The lowest BCUT2D eigenvalue weighted by atomic mass is 10.1. The molecule has 2 aromatic rings. The van der Waals surface area contributed by atoms with E-state index in [2.05, 4.69) is 22.3 Å². The minimum Gasteiger partial charge on any atom is -0.493 e. The van der Waals surface area contributed by atoms with Crippen LogP contribution < -0.4 is 10.1 Å². The summed E-state index contributed by atoms with van der Waals surface area (Å²) in [6.45, 7) is 2.45. The fourth-order valence-corrected chi connectivity index (χ4v) is 3.25. The van der Waals surface area contributed by atoms with Gasteiger partial charge in [0.1, 0.15) is 5.75 Å². The van der Waals surface area contributed by atoms with E-state index in [-0.39, 0.29) is 5.91 Å². The van der Waals surface area contributed by atoms with Crippen molar-refractivity contribution in [3.63, 3.8) is 0 Å². The minimum absolute atomic E-state index is 0.170. The third-order valence-corrected chi connectivity index (χ3v) is 4.84. The van der Waals surface area contributed by atoms with Crippen LogP contribution in [0.5, 0.6) is 5.75 Å². The maximum absolute atomic E-state index is 12.3. The summed E-state index contributed by atoms with van der Waals surface area (Å²) in [6.07, 6.45) is 4.35. The molecule has 136 valence electrons. The number of likely N-dealkylation sites (tertiary alicyclic amines) is 1. The minimum atomic E-state index is -0.170. The Labute approximate surface area is 160 Å². The SMILES string of the molecule is O=C(NC(=S)N1CCCCC1)c1ccc(OCCc2ccccc2)cc1. The highest BCUT2D eigenvalue weighted by Crippen LogP contribution is 2.14. The number of carbonyl (C=O) groups excluding carboxylic acids is 1. The number of amides is 1. The molecule has 1 aliphatic rings. The van der Waals surface area contributed by atoms with Crippen LogP contribution in [0, 0.1) is 0 Å². The van der Waals surface area contributed by atoms with Gasteiger partial charge in [0.25, 0.3) is 5.91 Å². The van der Waals surface area contributed by atoms with Gasteiger partial charge in [0, 0.05) is 25.1 Å². The summed E-state index contributed by atoms with van der Waals surface area (Å²) in [5, 5.41) is 3.35. The fourth-order valence-electron chi connectivity index (χ4n) is 2.98. The Balaban J connectivity index is 1.47. The number of nitrogens with one attached hydrogen (secondary N) is 1. The lowest BCUT2D eigenvalue weighted by molar-refractivity contribution is 0.0972. The summed E-state index contributed by atoms with van der Waals surface area (Å²) in [5.74, 6) is 0.590. The standard InChI is InChI=1S/C21H24N2O2S/c24-20(22-21(26)23-14-5-2-6-15-23)18-9-11-19(12-10-18)25-16-13-17-7-3-1-4-8-17/h1,3-4,7-12H,2,5-6,13-16H2,(H,22,24,26). The number of hydrogen-bond donors (Lipinski definition) is 1. The molecule has 26 heavy (non-hydrogen) atoms. The van der Waals surface area contributed by atoms with Crippen molar-refractivity contribution in [2.45, 2.75) is 25.7 Å². The number of carbonyl (C=O) groups is 1. The maximum Gasteiger partial charge on any atom is 0.257 e. The molecule has 0 atom stereocenters. The monoisotopic (exact) mass is 368 g/mol. The number of ether oxygens (including phenoxy) is 1. The summed E-state index contributed by atoms with van der Waals surface area (Å²) in [5.41, 5.74) is 1.83. The molecule has 0 aromatic heterocycles. The zero-order chi connectivity index (χ0) is 18.2. The number of benzene rings is 2. The van der Waals surface area contributed by atoms with Crippen LogP contribution in [-0.4, -0.2) is 35.6 Å². The smallest absolute Gasteiger partial charge is 0.257 e. The zero-order valence-corrected chi connectivity index (χ0v) is 15.6. The molecule has 1 amide bonds. The van der Waals surface area contributed by atoms with Crippen LogP contribution in [0.4, 0.5) is 0 Å². The summed E-state index contributed by atoms with van der Waals surface area (Å²) in [4.78, 5) is 14.4. The van der Waals surface area contributed by atoms with Gasteiger partial charge in [-0.1, -0.05) is 30.3 Å². The first-order chi connectivity index (χ1) is 12.7. The summed E-state index contributed by atoms with van der Waals surface area (Å²) < 4.78 is 5.76. The molecule has 2 aromatic carbocycles. The van der Waals surface area contributed by atoms with Gasteiger partial charge in [0.15, 0.2) is 5.11 Å². The number of piperidine rings is 1. The highest BCUT2D eigenvalue weighted by Gasteiger charge is 2.16. The lowest BCUT2D eigenvalue weighted by Gasteiger charge is -2.28. The molecule has 0 aliphatic carbocycles. The Morgan fingerprint density at radius 3 is 2.38 bits per heavy atom. The molecule has 5 heteroatoms. The quantitative estimate of drug-likeness (QED) is 0.815. The zero-order valence-electron chi connectivity index (χ0n) is 14.8. The van der Waals surface area contributed by atoms with Crippen molar-refractivity contribution in [3.05, 3.63) is 65.7 Å². The van der Waals surface area contributed by atoms with E-state index in [0.717, 1.165) is 38.1 Å². The van der Waals surface area contributed by atoms with E-state index >= 15 is 0 Å². The van der Waals surface area contributed by atoms with Crippen LogP contribution in [0.15, 0.2) is 54.6 Å². The van der Waals surface area contributed by atoms with Gasteiger partial charge >= 0.3 is 0 Å². The molecule has 0 saturated carbocycles. The summed E-state index contributed by atoms with van der Waals surface area (Å²) in [6, 6.07) is 17.4. The second kappa shape index (κ2) is 9.34. The highest BCUT2D eigenvalue weighted by molar-refractivity contribution is 7.80. The van der Waals surface area contributed by atoms with Crippen LogP contribution in [0.3, 0.4) is 0 Å². The van der Waals surface area contributed by atoms with Crippen molar-refractivity contribution in [2.24, 2.45) is 0 Å². The third-order valence-electron chi connectivity index (χ3n) is 4.48. The van der Waals surface area contributed by atoms with E-state index in [4.69, 9.17) is 17.0 Å². The van der Waals surface area contributed by atoms with Crippen molar-refractivity contribution < 1.29 is 9.53 Å². The number of nitrogens with zero attached hydrogens (tertiary/aromatic N) is 1. The predicted molar refractivity (Wildman–Crippen MR) is 108 cm³/mol. The maximum atomic E-state index is 12.3. The first kappa shape index (κ1) is 18.4. The molecule has 0 bridgehead atoms. The van der Waals surface area contributed by atoms with Crippen molar-refractivity contribution >= 4 is 23.2 Å². The second-order valence-corrected chi connectivity index (χ2v) is 6.80. The Morgan fingerprint density at radius 1 is 1.00 bits per heavy atom. The van der Waals surface area contributed by atoms with Gasteiger partial charge in [-0.2, -0.15) is 0 Å². The van der Waals surface area contributed by atoms with Gasteiger partial charge in [-0.05, 0) is 61.3 Å². The van der Waals surface area contributed by atoms with E-state index < -0.39 is 0 Å². The molecule has 1 N–H and O–H groups in total. The van der Waals surface area contributed by atoms with Gasteiger partial charge in [-0.25, -0.2) is 0 Å². The lowest BCUT2D eigenvalue weighted by Crippen LogP contribution is -2.44. The molecule has 0 spiro atoms. The highest BCUT2D eigenvalue weighted by atomic mass is 32.1. The Bertz CT molecular complexity index is 725. The number of rotatable bonds is 5. The molecule has 0 radical (unpaired) electrons. The first-order valence-corrected chi connectivity index (χ1v) is 9.50.